The SMILES string of the molecule is Cc1c(-c2ccccc2)[nH]c(=O)c2c(-c3ccccc3)onc12. The smallest absolute Gasteiger partial charge is 0.261 e. The molecule has 0 spiro atoms. The van der Waals surface area contributed by atoms with Crippen LogP contribution in [0.5, 0.6) is 0 Å². The van der Waals surface area contributed by atoms with Crippen molar-refractivity contribution in [2.24, 2.45) is 0 Å². The van der Waals surface area contributed by atoms with E-state index in [2.05, 4.69) is 10.1 Å². The lowest BCUT2D eigenvalue weighted by Crippen LogP contribution is -2.09. The number of hydrogen-bond donors (Lipinski definition) is 1. The van der Waals surface area contributed by atoms with E-state index in [1.54, 1.807) is 0 Å². The van der Waals surface area contributed by atoms with E-state index in [4.69, 9.17) is 4.52 Å². The van der Waals surface area contributed by atoms with Crippen LogP contribution in [0.25, 0.3) is 33.5 Å². The van der Waals surface area contributed by atoms with Crippen LogP contribution < -0.4 is 5.56 Å². The highest BCUT2D eigenvalue weighted by Crippen LogP contribution is 2.30. The zero-order chi connectivity index (χ0) is 15.8. The van der Waals surface area contributed by atoms with Gasteiger partial charge in [-0.25, -0.2) is 0 Å². The van der Waals surface area contributed by atoms with Gasteiger partial charge in [-0.05, 0) is 12.5 Å². The lowest BCUT2D eigenvalue weighted by Gasteiger charge is -2.06. The Labute approximate surface area is 132 Å². The molecule has 0 aliphatic heterocycles. The van der Waals surface area contributed by atoms with Crippen LogP contribution in [-0.4, -0.2) is 10.1 Å². The Morgan fingerprint density at radius 1 is 0.913 bits per heavy atom. The first-order valence-electron chi connectivity index (χ1n) is 7.39. The Bertz CT molecular complexity index is 1030. The first-order valence-corrected chi connectivity index (χ1v) is 7.39. The number of aromatic nitrogens is 2. The average Bonchev–Trinajstić information content (AvgIpc) is 3.06. The Balaban J connectivity index is 2.01. The summed E-state index contributed by atoms with van der Waals surface area (Å²) in [6.45, 7) is 1.94. The zero-order valence-electron chi connectivity index (χ0n) is 12.5. The van der Waals surface area contributed by atoms with Crippen molar-refractivity contribution < 1.29 is 4.52 Å². The summed E-state index contributed by atoms with van der Waals surface area (Å²) in [5.41, 5.74) is 3.88. The van der Waals surface area contributed by atoms with Crippen LogP contribution in [0.15, 0.2) is 70.0 Å². The minimum Gasteiger partial charge on any atom is -0.355 e. The van der Waals surface area contributed by atoms with Crippen molar-refractivity contribution >= 4 is 10.9 Å². The normalized spacial score (nSPS) is 11.0. The maximum atomic E-state index is 12.6. The molecule has 23 heavy (non-hydrogen) atoms. The molecule has 0 fully saturated rings. The molecule has 0 amide bonds. The van der Waals surface area contributed by atoms with Crippen LogP contribution in [0.4, 0.5) is 0 Å². The van der Waals surface area contributed by atoms with Crippen molar-refractivity contribution in [1.29, 1.82) is 0 Å². The van der Waals surface area contributed by atoms with Crippen molar-refractivity contribution in [3.05, 3.63) is 76.6 Å². The van der Waals surface area contributed by atoms with Crippen molar-refractivity contribution in [2.45, 2.75) is 6.92 Å². The second kappa shape index (κ2) is 5.25. The molecule has 2 heterocycles. The van der Waals surface area contributed by atoms with Crippen LogP contribution in [0, 0.1) is 6.92 Å². The number of pyridine rings is 1. The number of H-pyrrole nitrogens is 1. The molecule has 0 saturated carbocycles. The van der Waals surface area contributed by atoms with Gasteiger partial charge in [-0.2, -0.15) is 0 Å². The molecule has 112 valence electrons. The van der Waals surface area contributed by atoms with Crippen LogP contribution >= 0.6 is 0 Å². The summed E-state index contributed by atoms with van der Waals surface area (Å²) in [6, 6.07) is 19.3. The number of aromatic amines is 1. The molecular weight excluding hydrogens is 288 g/mol. The van der Waals surface area contributed by atoms with E-state index in [9.17, 15) is 4.79 Å². The Morgan fingerprint density at radius 3 is 2.17 bits per heavy atom. The maximum Gasteiger partial charge on any atom is 0.261 e. The van der Waals surface area contributed by atoms with Gasteiger partial charge in [0, 0.05) is 11.1 Å². The van der Waals surface area contributed by atoms with Gasteiger partial charge < -0.3 is 9.51 Å². The number of fused-ring (bicyclic) bond motifs is 1. The van der Waals surface area contributed by atoms with E-state index in [0.29, 0.717) is 16.7 Å². The summed E-state index contributed by atoms with van der Waals surface area (Å²) < 4.78 is 5.48. The van der Waals surface area contributed by atoms with Crippen LogP contribution in [-0.2, 0) is 0 Å². The van der Waals surface area contributed by atoms with E-state index < -0.39 is 0 Å². The van der Waals surface area contributed by atoms with Gasteiger partial charge in [0.25, 0.3) is 5.56 Å². The van der Waals surface area contributed by atoms with E-state index >= 15 is 0 Å². The molecule has 2 aromatic carbocycles. The fourth-order valence-corrected chi connectivity index (χ4v) is 2.82. The summed E-state index contributed by atoms with van der Waals surface area (Å²) >= 11 is 0. The van der Waals surface area contributed by atoms with Crippen LogP contribution in [0.1, 0.15) is 5.56 Å². The number of hydrogen-bond acceptors (Lipinski definition) is 3. The highest BCUT2D eigenvalue weighted by Gasteiger charge is 2.18. The maximum absolute atomic E-state index is 12.6. The topological polar surface area (TPSA) is 58.9 Å². The van der Waals surface area contributed by atoms with E-state index in [1.165, 1.54) is 0 Å². The minimum atomic E-state index is -0.190. The monoisotopic (exact) mass is 302 g/mol. The molecule has 4 rings (SSSR count). The first-order chi connectivity index (χ1) is 11.3. The molecule has 0 aliphatic rings. The van der Waals surface area contributed by atoms with Crippen molar-refractivity contribution in [3.63, 3.8) is 0 Å². The molecule has 2 aromatic heterocycles. The molecular formula is C19H14N2O2. The Kier molecular flexibility index (Phi) is 3.08. The van der Waals surface area contributed by atoms with Gasteiger partial charge in [-0.3, -0.25) is 4.79 Å². The summed E-state index contributed by atoms with van der Waals surface area (Å²) in [7, 11) is 0. The van der Waals surface area contributed by atoms with Crippen molar-refractivity contribution in [1.82, 2.24) is 10.1 Å². The Hall–Kier alpha value is -3.14. The molecule has 0 aliphatic carbocycles. The molecule has 1 N–H and O–H groups in total. The van der Waals surface area contributed by atoms with Crippen LogP contribution in [0.3, 0.4) is 0 Å². The highest BCUT2D eigenvalue weighted by atomic mass is 16.5. The van der Waals surface area contributed by atoms with Gasteiger partial charge in [-0.15, -0.1) is 0 Å². The molecule has 0 bridgehead atoms. The second-order valence-corrected chi connectivity index (χ2v) is 5.42. The number of nitrogens with one attached hydrogen (secondary N) is 1. The predicted molar refractivity (Wildman–Crippen MR) is 90.2 cm³/mol. The predicted octanol–water partition coefficient (Wildman–Crippen LogP) is 4.16. The summed E-state index contributed by atoms with van der Waals surface area (Å²) in [4.78, 5) is 15.6. The standard InChI is InChI=1S/C19H14N2O2/c1-12-16(13-8-4-2-5-9-13)20-19(22)15-17(12)21-23-18(15)14-10-6-3-7-11-14/h2-11H,1H3,(H,20,22). The molecule has 0 unspecified atom stereocenters. The van der Waals surface area contributed by atoms with Crippen LogP contribution in [0.2, 0.25) is 0 Å². The first kappa shape index (κ1) is 13.5. The van der Waals surface area contributed by atoms with E-state index in [-0.39, 0.29) is 5.56 Å². The molecule has 4 heteroatoms. The van der Waals surface area contributed by atoms with Gasteiger partial charge in [0.15, 0.2) is 5.76 Å². The minimum absolute atomic E-state index is 0.190. The second-order valence-electron chi connectivity index (χ2n) is 5.42. The Morgan fingerprint density at radius 2 is 1.52 bits per heavy atom. The highest BCUT2D eigenvalue weighted by molar-refractivity contribution is 5.95. The van der Waals surface area contributed by atoms with Gasteiger partial charge in [0.1, 0.15) is 10.9 Å². The third kappa shape index (κ3) is 2.16. The van der Waals surface area contributed by atoms with E-state index in [0.717, 1.165) is 22.4 Å². The lowest BCUT2D eigenvalue weighted by atomic mass is 10.0. The van der Waals surface area contributed by atoms with Gasteiger partial charge in [-0.1, -0.05) is 65.8 Å². The van der Waals surface area contributed by atoms with Gasteiger partial charge in [0.05, 0.1) is 5.69 Å². The van der Waals surface area contributed by atoms with E-state index in [1.807, 2.05) is 67.6 Å². The average molecular weight is 302 g/mol. The van der Waals surface area contributed by atoms with Gasteiger partial charge >= 0.3 is 0 Å². The zero-order valence-corrected chi connectivity index (χ0v) is 12.5. The summed E-state index contributed by atoms with van der Waals surface area (Å²) in [6.07, 6.45) is 0. The molecule has 0 saturated heterocycles. The number of benzene rings is 2. The fraction of sp³-hybridized carbons (Fsp3) is 0.0526. The molecule has 4 aromatic rings. The summed E-state index contributed by atoms with van der Waals surface area (Å²) in [5, 5.41) is 4.64. The fourth-order valence-electron chi connectivity index (χ4n) is 2.82. The quantitative estimate of drug-likeness (QED) is 0.605. The number of aryl methyl sites for hydroxylation is 1. The molecule has 0 atom stereocenters. The molecule has 4 nitrogen and oxygen atoms in total. The third-order valence-corrected chi connectivity index (χ3v) is 3.99. The van der Waals surface area contributed by atoms with Gasteiger partial charge in [0.2, 0.25) is 0 Å². The lowest BCUT2D eigenvalue weighted by molar-refractivity contribution is 0.440. The third-order valence-electron chi connectivity index (χ3n) is 3.99. The van der Waals surface area contributed by atoms with Crippen molar-refractivity contribution in [2.75, 3.05) is 0 Å². The summed E-state index contributed by atoms with van der Waals surface area (Å²) in [5.74, 6) is 0.504. The number of nitrogens with zero attached hydrogens (tertiary/aromatic N) is 1. The largest absolute Gasteiger partial charge is 0.355 e. The molecule has 0 radical (unpaired) electrons. The van der Waals surface area contributed by atoms with Crippen molar-refractivity contribution in [3.8, 4) is 22.6 Å². The number of rotatable bonds is 2.